The monoisotopic (exact) mass is 434 g/mol. The quantitative estimate of drug-likeness (QED) is 0.598. The third-order valence-corrected chi connectivity index (χ3v) is 5.75. The number of carbonyl (C=O) groups is 1. The molecule has 166 valence electrons. The molecule has 0 saturated carbocycles. The second-order valence-electron chi connectivity index (χ2n) is 8.02. The number of nitrogens with zero attached hydrogens (tertiary/aromatic N) is 4. The summed E-state index contributed by atoms with van der Waals surface area (Å²) in [6.07, 6.45) is 3.03. The average molecular weight is 435 g/mol. The summed E-state index contributed by atoms with van der Waals surface area (Å²) < 4.78 is 14.4. The van der Waals surface area contributed by atoms with Gasteiger partial charge in [0, 0.05) is 25.7 Å². The first-order valence-corrected chi connectivity index (χ1v) is 11.0. The largest absolute Gasteiger partial charge is 0.336 e. The number of hydrogen-bond acceptors (Lipinski definition) is 4. The molecule has 0 unspecified atom stereocenters. The highest BCUT2D eigenvalue weighted by atomic mass is 19.1. The van der Waals surface area contributed by atoms with Crippen molar-refractivity contribution >= 4 is 5.91 Å². The topological polar surface area (TPSA) is 58.4 Å². The normalized spacial score (nSPS) is 14.8. The van der Waals surface area contributed by atoms with Crippen molar-refractivity contribution < 1.29 is 9.18 Å². The molecule has 0 bridgehead atoms. The highest BCUT2D eigenvalue weighted by molar-refractivity contribution is 5.92. The molecule has 0 atom stereocenters. The minimum Gasteiger partial charge on any atom is -0.336 e. The predicted octanol–water partition coefficient (Wildman–Crippen LogP) is 3.15. The first-order valence-electron chi connectivity index (χ1n) is 11.0. The molecule has 1 aliphatic heterocycles. The maximum absolute atomic E-state index is 13.2. The van der Waals surface area contributed by atoms with E-state index in [1.54, 1.807) is 4.90 Å². The van der Waals surface area contributed by atoms with Gasteiger partial charge in [0.05, 0.1) is 5.69 Å². The Morgan fingerprint density at radius 2 is 1.69 bits per heavy atom. The van der Waals surface area contributed by atoms with Crippen LogP contribution >= 0.6 is 0 Å². The van der Waals surface area contributed by atoms with Crippen LogP contribution in [0.4, 0.5) is 4.39 Å². The van der Waals surface area contributed by atoms with E-state index in [0.29, 0.717) is 18.8 Å². The number of amides is 1. The molecule has 32 heavy (non-hydrogen) atoms. The van der Waals surface area contributed by atoms with Gasteiger partial charge < -0.3 is 9.80 Å². The Bertz CT molecular complexity index is 1100. The molecule has 7 heteroatoms. The molecule has 2 aromatic carbocycles. The van der Waals surface area contributed by atoms with Gasteiger partial charge in [0.25, 0.3) is 11.5 Å². The standard InChI is InChI=1S/C25H27FN4O2/c26-21-9-11-22(12-10-21)30-24(31)14-13-23(27-30)25(32)29-17-5-16-28(18-19-29)15-4-8-20-6-2-1-3-7-20/h1-3,6-7,9-14H,4-5,8,15-19H2. The highest BCUT2D eigenvalue weighted by Gasteiger charge is 2.22. The minimum atomic E-state index is -0.396. The Morgan fingerprint density at radius 1 is 0.906 bits per heavy atom. The molecule has 1 aromatic heterocycles. The van der Waals surface area contributed by atoms with Crippen molar-refractivity contribution in [3.8, 4) is 5.69 Å². The van der Waals surface area contributed by atoms with Gasteiger partial charge in [0.15, 0.2) is 0 Å². The number of rotatable bonds is 6. The Labute approximate surface area is 186 Å². The van der Waals surface area contributed by atoms with Gasteiger partial charge >= 0.3 is 0 Å². The molecule has 1 aliphatic rings. The van der Waals surface area contributed by atoms with Crippen molar-refractivity contribution in [3.63, 3.8) is 0 Å². The number of carbonyl (C=O) groups excluding carboxylic acids is 1. The molecule has 1 amide bonds. The zero-order valence-electron chi connectivity index (χ0n) is 18.0. The average Bonchev–Trinajstić information content (AvgIpc) is 3.06. The fourth-order valence-corrected chi connectivity index (χ4v) is 4.00. The number of halogens is 1. The molecule has 0 aliphatic carbocycles. The number of aryl methyl sites for hydroxylation is 1. The smallest absolute Gasteiger partial charge is 0.274 e. The van der Waals surface area contributed by atoms with Crippen LogP contribution in [0.1, 0.15) is 28.9 Å². The van der Waals surface area contributed by atoms with E-state index in [0.717, 1.165) is 43.6 Å². The van der Waals surface area contributed by atoms with Crippen LogP contribution in [-0.2, 0) is 6.42 Å². The fraction of sp³-hybridized carbons (Fsp3) is 0.320. The fourth-order valence-electron chi connectivity index (χ4n) is 4.00. The van der Waals surface area contributed by atoms with Crippen LogP contribution in [0, 0.1) is 5.82 Å². The summed E-state index contributed by atoms with van der Waals surface area (Å²) in [7, 11) is 0. The number of aromatic nitrogens is 2. The van der Waals surface area contributed by atoms with E-state index in [9.17, 15) is 14.0 Å². The van der Waals surface area contributed by atoms with Crippen LogP contribution in [0.2, 0.25) is 0 Å². The predicted molar refractivity (Wildman–Crippen MR) is 122 cm³/mol. The number of hydrogen-bond donors (Lipinski definition) is 0. The van der Waals surface area contributed by atoms with E-state index in [1.165, 1.54) is 42.0 Å². The van der Waals surface area contributed by atoms with Crippen molar-refractivity contribution in [3.05, 3.63) is 94.2 Å². The summed E-state index contributed by atoms with van der Waals surface area (Å²) in [4.78, 5) is 29.5. The van der Waals surface area contributed by atoms with Gasteiger partial charge in [-0.25, -0.2) is 4.39 Å². The van der Waals surface area contributed by atoms with Gasteiger partial charge in [-0.15, -0.1) is 0 Å². The third-order valence-electron chi connectivity index (χ3n) is 5.75. The Hall–Kier alpha value is -3.32. The molecule has 3 aromatic rings. The van der Waals surface area contributed by atoms with Gasteiger partial charge in [-0.3, -0.25) is 9.59 Å². The van der Waals surface area contributed by atoms with Crippen molar-refractivity contribution in [1.82, 2.24) is 19.6 Å². The lowest BCUT2D eigenvalue weighted by Gasteiger charge is -2.22. The molecular weight excluding hydrogens is 407 g/mol. The molecule has 0 radical (unpaired) electrons. The van der Waals surface area contributed by atoms with Crippen LogP contribution in [-0.4, -0.2) is 58.2 Å². The molecule has 2 heterocycles. The van der Waals surface area contributed by atoms with Crippen LogP contribution in [0.3, 0.4) is 0 Å². The van der Waals surface area contributed by atoms with Crippen molar-refractivity contribution in [2.45, 2.75) is 19.3 Å². The van der Waals surface area contributed by atoms with Crippen LogP contribution in [0.5, 0.6) is 0 Å². The molecule has 1 fully saturated rings. The van der Waals surface area contributed by atoms with Gasteiger partial charge in [0.1, 0.15) is 11.5 Å². The van der Waals surface area contributed by atoms with Crippen LogP contribution < -0.4 is 5.56 Å². The van der Waals surface area contributed by atoms with Crippen LogP contribution in [0.25, 0.3) is 5.69 Å². The van der Waals surface area contributed by atoms with Gasteiger partial charge in [-0.1, -0.05) is 30.3 Å². The zero-order chi connectivity index (χ0) is 22.3. The Balaban J connectivity index is 1.37. The molecule has 1 saturated heterocycles. The van der Waals surface area contributed by atoms with Crippen molar-refractivity contribution in [2.24, 2.45) is 0 Å². The maximum Gasteiger partial charge on any atom is 0.274 e. The molecule has 4 rings (SSSR count). The summed E-state index contributed by atoms with van der Waals surface area (Å²) in [5.41, 5.74) is 1.62. The van der Waals surface area contributed by atoms with E-state index in [2.05, 4.69) is 34.3 Å². The summed E-state index contributed by atoms with van der Waals surface area (Å²) in [6.45, 7) is 4.07. The Morgan fingerprint density at radius 3 is 2.47 bits per heavy atom. The van der Waals surface area contributed by atoms with Crippen LogP contribution in [0.15, 0.2) is 71.5 Å². The van der Waals surface area contributed by atoms with Gasteiger partial charge in [0.2, 0.25) is 0 Å². The lowest BCUT2D eigenvalue weighted by atomic mass is 10.1. The van der Waals surface area contributed by atoms with Crippen molar-refractivity contribution in [1.29, 1.82) is 0 Å². The highest BCUT2D eigenvalue weighted by Crippen LogP contribution is 2.11. The van der Waals surface area contributed by atoms with E-state index in [4.69, 9.17) is 0 Å². The molecular formula is C25H27FN4O2. The summed E-state index contributed by atoms with van der Waals surface area (Å²) in [5.74, 6) is -0.584. The lowest BCUT2D eigenvalue weighted by Crippen LogP contribution is -2.37. The zero-order valence-corrected chi connectivity index (χ0v) is 18.0. The lowest BCUT2D eigenvalue weighted by molar-refractivity contribution is 0.0753. The Kier molecular flexibility index (Phi) is 7.07. The van der Waals surface area contributed by atoms with Crippen molar-refractivity contribution in [2.75, 3.05) is 32.7 Å². The molecule has 0 spiro atoms. The first kappa shape index (κ1) is 21.9. The van der Waals surface area contributed by atoms with Gasteiger partial charge in [-0.2, -0.15) is 9.78 Å². The molecule has 0 N–H and O–H groups in total. The second kappa shape index (κ2) is 10.3. The SMILES string of the molecule is O=C(c1ccc(=O)n(-c2ccc(F)cc2)n1)N1CCCN(CCCc2ccccc2)CC1. The molecule has 6 nitrogen and oxygen atoms in total. The van der Waals surface area contributed by atoms with E-state index in [-0.39, 0.29) is 17.2 Å². The summed E-state index contributed by atoms with van der Waals surface area (Å²) >= 11 is 0. The second-order valence-corrected chi connectivity index (χ2v) is 8.02. The van der Waals surface area contributed by atoms with E-state index >= 15 is 0 Å². The first-order chi connectivity index (χ1) is 15.6. The summed E-state index contributed by atoms with van der Waals surface area (Å²) in [5, 5.41) is 4.26. The van der Waals surface area contributed by atoms with E-state index < -0.39 is 5.82 Å². The van der Waals surface area contributed by atoms with E-state index in [1.807, 2.05) is 6.07 Å². The number of benzene rings is 2. The minimum absolute atomic E-state index is 0.188. The summed E-state index contributed by atoms with van der Waals surface area (Å²) in [6, 6.07) is 18.7. The van der Waals surface area contributed by atoms with Gasteiger partial charge in [-0.05, 0) is 68.2 Å². The maximum atomic E-state index is 13.2. The third kappa shape index (κ3) is 5.48.